The van der Waals surface area contributed by atoms with Gasteiger partial charge in [-0.3, -0.25) is 4.79 Å². The molecule has 1 N–H and O–H groups in total. The average Bonchev–Trinajstić information content (AvgIpc) is 3.13. The van der Waals surface area contributed by atoms with Crippen molar-refractivity contribution >= 4 is 11.6 Å². The Morgan fingerprint density at radius 3 is 2.21 bits per heavy atom. The molecule has 0 unspecified atom stereocenters. The van der Waals surface area contributed by atoms with Gasteiger partial charge in [0.1, 0.15) is 0 Å². The standard InChI is InChI=1S/C19H21N5O4/c1-11-6-7-14(10-15(11)24-12(2)21-22-23-24)20-19(25)13-8-16(26-3)18(28-5)17(9-13)27-4/h6-10H,1-5H3,(H,20,25). The molecule has 0 aliphatic heterocycles. The highest BCUT2D eigenvalue weighted by Gasteiger charge is 2.17. The first-order valence-corrected chi connectivity index (χ1v) is 8.45. The van der Waals surface area contributed by atoms with Crippen LogP contribution in [0.3, 0.4) is 0 Å². The van der Waals surface area contributed by atoms with Crippen molar-refractivity contribution in [3.05, 3.63) is 47.3 Å². The third-order valence-corrected chi connectivity index (χ3v) is 4.25. The number of methoxy groups -OCH3 is 3. The second kappa shape index (κ2) is 7.95. The van der Waals surface area contributed by atoms with E-state index in [0.29, 0.717) is 34.3 Å². The van der Waals surface area contributed by atoms with E-state index in [-0.39, 0.29) is 5.91 Å². The lowest BCUT2D eigenvalue weighted by atomic mass is 10.1. The number of nitrogens with zero attached hydrogens (tertiary/aromatic N) is 4. The Hall–Kier alpha value is -3.62. The number of carbonyl (C=O) groups is 1. The van der Waals surface area contributed by atoms with Gasteiger partial charge >= 0.3 is 0 Å². The number of amides is 1. The van der Waals surface area contributed by atoms with Crippen molar-refractivity contribution < 1.29 is 19.0 Å². The average molecular weight is 383 g/mol. The maximum atomic E-state index is 12.8. The zero-order chi connectivity index (χ0) is 20.3. The molecule has 0 saturated carbocycles. The van der Waals surface area contributed by atoms with E-state index in [9.17, 15) is 4.79 Å². The minimum absolute atomic E-state index is 0.317. The molecule has 0 aliphatic carbocycles. The van der Waals surface area contributed by atoms with E-state index < -0.39 is 0 Å². The van der Waals surface area contributed by atoms with E-state index >= 15 is 0 Å². The van der Waals surface area contributed by atoms with E-state index in [1.165, 1.54) is 21.3 Å². The Bertz CT molecular complexity index is 990. The first kappa shape index (κ1) is 19.2. The highest BCUT2D eigenvalue weighted by molar-refractivity contribution is 6.05. The van der Waals surface area contributed by atoms with Crippen LogP contribution in [0.5, 0.6) is 17.2 Å². The van der Waals surface area contributed by atoms with Crippen molar-refractivity contribution in [1.29, 1.82) is 0 Å². The summed E-state index contributed by atoms with van der Waals surface area (Å²) in [6.07, 6.45) is 0. The number of tetrazole rings is 1. The van der Waals surface area contributed by atoms with Crippen LogP contribution in [0.1, 0.15) is 21.7 Å². The smallest absolute Gasteiger partial charge is 0.255 e. The normalized spacial score (nSPS) is 10.5. The number of anilines is 1. The first-order chi connectivity index (χ1) is 13.5. The molecule has 0 spiro atoms. The van der Waals surface area contributed by atoms with Gasteiger partial charge in [-0.1, -0.05) is 6.07 Å². The van der Waals surface area contributed by atoms with Gasteiger partial charge in [-0.25, -0.2) is 0 Å². The molecule has 0 saturated heterocycles. The molecule has 0 atom stereocenters. The molecule has 146 valence electrons. The number of nitrogens with one attached hydrogen (secondary N) is 1. The Kier molecular flexibility index (Phi) is 5.44. The maximum absolute atomic E-state index is 12.8. The number of aromatic nitrogens is 4. The minimum Gasteiger partial charge on any atom is -0.493 e. The van der Waals surface area contributed by atoms with Crippen LogP contribution in [-0.4, -0.2) is 47.4 Å². The molecule has 9 heteroatoms. The van der Waals surface area contributed by atoms with Gasteiger partial charge in [0.15, 0.2) is 17.3 Å². The predicted molar refractivity (Wildman–Crippen MR) is 103 cm³/mol. The minimum atomic E-state index is -0.317. The zero-order valence-corrected chi connectivity index (χ0v) is 16.3. The van der Waals surface area contributed by atoms with Crippen LogP contribution in [0, 0.1) is 13.8 Å². The second-order valence-electron chi connectivity index (χ2n) is 6.01. The summed E-state index contributed by atoms with van der Waals surface area (Å²) in [5.41, 5.74) is 2.73. The number of carbonyl (C=O) groups excluding carboxylic acids is 1. The summed E-state index contributed by atoms with van der Waals surface area (Å²) < 4.78 is 17.5. The van der Waals surface area contributed by atoms with Crippen LogP contribution < -0.4 is 19.5 Å². The Labute approximate surface area is 162 Å². The largest absolute Gasteiger partial charge is 0.493 e. The van der Waals surface area contributed by atoms with Crippen molar-refractivity contribution in [3.8, 4) is 22.9 Å². The molecule has 1 heterocycles. The maximum Gasteiger partial charge on any atom is 0.255 e. The monoisotopic (exact) mass is 383 g/mol. The number of ether oxygens (including phenoxy) is 3. The zero-order valence-electron chi connectivity index (χ0n) is 16.3. The molecule has 0 fully saturated rings. The molecule has 1 amide bonds. The van der Waals surface area contributed by atoms with E-state index in [2.05, 4.69) is 20.8 Å². The van der Waals surface area contributed by atoms with E-state index in [4.69, 9.17) is 14.2 Å². The molecule has 2 aromatic carbocycles. The summed E-state index contributed by atoms with van der Waals surface area (Å²) in [4.78, 5) is 12.8. The molecule has 0 aliphatic rings. The van der Waals surface area contributed by atoms with Crippen LogP contribution >= 0.6 is 0 Å². The molecule has 0 bridgehead atoms. The predicted octanol–water partition coefficient (Wildman–Crippen LogP) is 2.56. The highest BCUT2D eigenvalue weighted by Crippen LogP contribution is 2.38. The van der Waals surface area contributed by atoms with Gasteiger partial charge in [-0.2, -0.15) is 4.68 Å². The fourth-order valence-corrected chi connectivity index (χ4v) is 2.79. The summed E-state index contributed by atoms with van der Waals surface area (Å²) in [6, 6.07) is 8.71. The van der Waals surface area contributed by atoms with Gasteiger partial charge in [0.25, 0.3) is 5.91 Å². The Morgan fingerprint density at radius 1 is 1.00 bits per heavy atom. The fraction of sp³-hybridized carbons (Fsp3) is 0.263. The van der Waals surface area contributed by atoms with Crippen molar-refractivity contribution in [2.24, 2.45) is 0 Å². The molecule has 3 rings (SSSR count). The molecule has 28 heavy (non-hydrogen) atoms. The van der Waals surface area contributed by atoms with E-state index in [0.717, 1.165) is 11.3 Å². The molecule has 3 aromatic rings. The van der Waals surface area contributed by atoms with Gasteiger partial charge in [0.2, 0.25) is 5.75 Å². The third-order valence-electron chi connectivity index (χ3n) is 4.25. The summed E-state index contributed by atoms with van der Waals surface area (Å²) in [5, 5.41) is 14.4. The van der Waals surface area contributed by atoms with Crippen molar-refractivity contribution in [2.75, 3.05) is 26.6 Å². The molecule has 1 aromatic heterocycles. The second-order valence-corrected chi connectivity index (χ2v) is 6.01. The third kappa shape index (κ3) is 3.59. The van der Waals surface area contributed by atoms with Crippen LogP contribution in [0.2, 0.25) is 0 Å². The van der Waals surface area contributed by atoms with Crippen molar-refractivity contribution in [3.63, 3.8) is 0 Å². The lowest BCUT2D eigenvalue weighted by molar-refractivity contribution is 0.102. The molecule has 0 radical (unpaired) electrons. The van der Waals surface area contributed by atoms with Crippen LogP contribution in [0.25, 0.3) is 5.69 Å². The van der Waals surface area contributed by atoms with Gasteiger partial charge in [-0.15, -0.1) is 5.10 Å². The van der Waals surface area contributed by atoms with Crippen molar-refractivity contribution in [1.82, 2.24) is 20.2 Å². The van der Waals surface area contributed by atoms with E-state index in [1.807, 2.05) is 25.1 Å². The summed E-state index contributed by atoms with van der Waals surface area (Å²) >= 11 is 0. The Morgan fingerprint density at radius 2 is 1.68 bits per heavy atom. The van der Waals surface area contributed by atoms with Crippen LogP contribution in [0.4, 0.5) is 5.69 Å². The topological polar surface area (TPSA) is 100 Å². The first-order valence-electron chi connectivity index (χ1n) is 8.45. The van der Waals surface area contributed by atoms with Gasteiger partial charge in [0, 0.05) is 11.3 Å². The summed E-state index contributed by atoms with van der Waals surface area (Å²) in [6.45, 7) is 3.75. The number of hydrogen-bond acceptors (Lipinski definition) is 7. The summed E-state index contributed by atoms with van der Waals surface area (Å²) in [7, 11) is 4.51. The quantitative estimate of drug-likeness (QED) is 0.698. The SMILES string of the molecule is COc1cc(C(=O)Nc2ccc(C)c(-n3nnnc3C)c2)cc(OC)c1OC. The highest BCUT2D eigenvalue weighted by atomic mass is 16.5. The van der Waals surface area contributed by atoms with Gasteiger partial charge in [0.05, 0.1) is 27.0 Å². The van der Waals surface area contributed by atoms with Gasteiger partial charge in [-0.05, 0) is 54.1 Å². The number of benzene rings is 2. The van der Waals surface area contributed by atoms with Gasteiger partial charge < -0.3 is 19.5 Å². The molecule has 9 nitrogen and oxygen atoms in total. The van der Waals surface area contributed by atoms with Crippen LogP contribution in [0.15, 0.2) is 30.3 Å². The van der Waals surface area contributed by atoms with Crippen molar-refractivity contribution in [2.45, 2.75) is 13.8 Å². The lowest BCUT2D eigenvalue weighted by Crippen LogP contribution is -2.13. The number of hydrogen-bond donors (Lipinski definition) is 1. The van der Waals surface area contributed by atoms with Crippen LogP contribution in [-0.2, 0) is 0 Å². The molecular formula is C19H21N5O4. The number of rotatable bonds is 6. The summed E-state index contributed by atoms with van der Waals surface area (Å²) in [5.74, 6) is 1.56. The fourth-order valence-electron chi connectivity index (χ4n) is 2.79. The van der Waals surface area contributed by atoms with E-state index in [1.54, 1.807) is 23.7 Å². The lowest BCUT2D eigenvalue weighted by Gasteiger charge is -2.14. The molecular weight excluding hydrogens is 362 g/mol. The Balaban J connectivity index is 1.93. The number of aryl methyl sites for hydroxylation is 2.